The zero-order chi connectivity index (χ0) is 18.4. The SMILES string of the molecule is CCC12CC(=O)C(CN(S(=O)(=O)c3ccc(C)cc3)C1)C(=C(C)C)C2. The molecule has 1 aliphatic carbocycles. The van der Waals surface area contributed by atoms with Gasteiger partial charge in [-0.15, -0.1) is 0 Å². The molecule has 0 spiro atoms. The average Bonchev–Trinajstić information content (AvgIpc) is 2.82. The zero-order valence-electron chi connectivity index (χ0n) is 15.5. The summed E-state index contributed by atoms with van der Waals surface area (Å²) in [5.41, 5.74) is 3.07. The van der Waals surface area contributed by atoms with Gasteiger partial charge in [-0.25, -0.2) is 8.42 Å². The van der Waals surface area contributed by atoms with Crippen molar-refractivity contribution >= 4 is 15.8 Å². The van der Waals surface area contributed by atoms with Crippen LogP contribution in [0.1, 0.15) is 45.6 Å². The Labute approximate surface area is 151 Å². The van der Waals surface area contributed by atoms with Gasteiger partial charge >= 0.3 is 0 Å². The maximum atomic E-state index is 13.2. The highest BCUT2D eigenvalue weighted by molar-refractivity contribution is 7.89. The summed E-state index contributed by atoms with van der Waals surface area (Å²) in [6.07, 6.45) is 2.13. The third-order valence-corrected chi connectivity index (χ3v) is 7.70. The van der Waals surface area contributed by atoms with Gasteiger partial charge in [0.05, 0.1) is 10.8 Å². The second kappa shape index (κ2) is 6.36. The smallest absolute Gasteiger partial charge is 0.243 e. The maximum Gasteiger partial charge on any atom is 0.243 e. The zero-order valence-corrected chi connectivity index (χ0v) is 16.3. The highest BCUT2D eigenvalue weighted by Gasteiger charge is 2.49. The summed E-state index contributed by atoms with van der Waals surface area (Å²) >= 11 is 0. The van der Waals surface area contributed by atoms with E-state index in [4.69, 9.17) is 0 Å². The molecule has 2 aliphatic heterocycles. The number of carbonyl (C=O) groups is 1. The van der Waals surface area contributed by atoms with Crippen LogP contribution >= 0.6 is 0 Å². The van der Waals surface area contributed by atoms with Crippen LogP contribution in [0.15, 0.2) is 40.3 Å². The molecule has 25 heavy (non-hydrogen) atoms. The van der Waals surface area contributed by atoms with Gasteiger partial charge in [-0.3, -0.25) is 4.79 Å². The molecule has 1 aromatic rings. The van der Waals surface area contributed by atoms with E-state index >= 15 is 0 Å². The summed E-state index contributed by atoms with van der Waals surface area (Å²) < 4.78 is 28.0. The Morgan fingerprint density at radius 3 is 2.40 bits per heavy atom. The van der Waals surface area contributed by atoms with Gasteiger partial charge in [-0.1, -0.05) is 35.8 Å². The minimum atomic E-state index is -3.59. The number of benzene rings is 1. The second-order valence-corrected chi connectivity index (χ2v) is 9.80. The van der Waals surface area contributed by atoms with Crippen LogP contribution in [0.4, 0.5) is 0 Å². The number of hydrogen-bond donors (Lipinski definition) is 0. The summed E-state index contributed by atoms with van der Waals surface area (Å²) in [6.45, 7) is 8.78. The third kappa shape index (κ3) is 3.20. The van der Waals surface area contributed by atoms with Crippen molar-refractivity contribution in [1.29, 1.82) is 0 Å². The number of hydrogen-bond acceptors (Lipinski definition) is 3. The van der Waals surface area contributed by atoms with Crippen molar-refractivity contribution in [3.8, 4) is 0 Å². The number of rotatable bonds is 3. The van der Waals surface area contributed by atoms with Gasteiger partial charge in [0.1, 0.15) is 5.78 Å². The van der Waals surface area contributed by atoms with E-state index in [0.29, 0.717) is 17.9 Å². The number of carbonyl (C=O) groups excluding carboxylic acids is 1. The van der Waals surface area contributed by atoms with Gasteiger partial charge in [0.2, 0.25) is 10.0 Å². The van der Waals surface area contributed by atoms with E-state index in [1.807, 2.05) is 32.9 Å². The molecule has 1 saturated carbocycles. The molecule has 2 atom stereocenters. The molecule has 3 aliphatic rings. The summed E-state index contributed by atoms with van der Waals surface area (Å²) in [5, 5.41) is 0. The fourth-order valence-electron chi connectivity index (χ4n) is 4.17. The van der Waals surface area contributed by atoms with Crippen molar-refractivity contribution in [2.24, 2.45) is 11.3 Å². The van der Waals surface area contributed by atoms with Gasteiger partial charge in [0.25, 0.3) is 0 Å². The largest absolute Gasteiger partial charge is 0.299 e. The third-order valence-electron chi connectivity index (χ3n) is 5.87. The lowest BCUT2D eigenvalue weighted by Crippen LogP contribution is -2.39. The molecular formula is C20H27NO3S. The van der Waals surface area contributed by atoms with E-state index < -0.39 is 10.0 Å². The monoisotopic (exact) mass is 361 g/mol. The number of sulfonamides is 1. The molecule has 2 saturated heterocycles. The molecule has 4 rings (SSSR count). The molecule has 1 aromatic carbocycles. The highest BCUT2D eigenvalue weighted by atomic mass is 32.2. The van der Waals surface area contributed by atoms with Crippen molar-refractivity contribution in [3.63, 3.8) is 0 Å². The lowest BCUT2D eigenvalue weighted by atomic mass is 9.66. The molecule has 2 unspecified atom stereocenters. The van der Waals surface area contributed by atoms with Crippen molar-refractivity contribution < 1.29 is 13.2 Å². The topological polar surface area (TPSA) is 54.5 Å². The van der Waals surface area contributed by atoms with Crippen LogP contribution in [0.25, 0.3) is 0 Å². The van der Waals surface area contributed by atoms with Gasteiger partial charge in [-0.2, -0.15) is 4.31 Å². The molecule has 0 aromatic heterocycles. The van der Waals surface area contributed by atoms with Crippen LogP contribution in [-0.2, 0) is 14.8 Å². The van der Waals surface area contributed by atoms with Crippen molar-refractivity contribution in [2.45, 2.75) is 51.9 Å². The quantitative estimate of drug-likeness (QED) is 0.771. The first kappa shape index (κ1) is 18.3. The van der Waals surface area contributed by atoms with Gasteiger partial charge in [0.15, 0.2) is 0 Å². The molecule has 2 heterocycles. The number of nitrogens with zero attached hydrogens (tertiary/aromatic N) is 1. The summed E-state index contributed by atoms with van der Waals surface area (Å²) in [6, 6.07) is 6.97. The van der Waals surface area contributed by atoms with Crippen molar-refractivity contribution in [3.05, 3.63) is 41.0 Å². The molecule has 5 heteroatoms. The fourth-order valence-corrected chi connectivity index (χ4v) is 5.74. The van der Waals surface area contributed by atoms with Crippen molar-refractivity contribution in [2.75, 3.05) is 13.1 Å². The van der Waals surface area contributed by atoms with Crippen LogP contribution in [0.5, 0.6) is 0 Å². The lowest BCUT2D eigenvalue weighted by molar-refractivity contribution is -0.124. The van der Waals surface area contributed by atoms with Crippen LogP contribution in [0.2, 0.25) is 0 Å². The van der Waals surface area contributed by atoms with Crippen LogP contribution < -0.4 is 0 Å². The standard InChI is InChI=1S/C20H27NO3S/c1-5-20-10-17(14(2)3)18(19(22)11-20)12-21(13-20)25(23,24)16-8-6-15(4)7-9-16/h6-9,18H,5,10-13H2,1-4H3. The number of aryl methyl sites for hydroxylation is 1. The molecule has 0 radical (unpaired) electrons. The predicted molar refractivity (Wildman–Crippen MR) is 98.8 cm³/mol. The molecule has 136 valence electrons. The van der Waals surface area contributed by atoms with E-state index in [9.17, 15) is 13.2 Å². The Bertz CT molecular complexity index is 819. The first-order valence-electron chi connectivity index (χ1n) is 8.94. The Kier molecular flexibility index (Phi) is 4.67. The normalized spacial score (nSPS) is 27.4. The van der Waals surface area contributed by atoms with Gasteiger partial charge in [-0.05, 0) is 51.2 Å². The molecule has 3 fully saturated rings. The molecular weight excluding hydrogens is 334 g/mol. The minimum absolute atomic E-state index is 0.200. The Morgan fingerprint density at radius 2 is 1.84 bits per heavy atom. The summed E-state index contributed by atoms with van der Waals surface area (Å²) in [5.74, 6) is -0.0849. The van der Waals surface area contributed by atoms with E-state index in [1.165, 1.54) is 0 Å². The minimum Gasteiger partial charge on any atom is -0.299 e. The number of Topliss-reactive ketones (excluding diaryl/α,β-unsaturated/α-hetero) is 1. The van der Waals surface area contributed by atoms with Crippen LogP contribution in [0, 0.1) is 18.3 Å². The number of allylic oxidation sites excluding steroid dienone is 1. The van der Waals surface area contributed by atoms with Crippen molar-refractivity contribution in [1.82, 2.24) is 4.31 Å². The molecule has 0 N–H and O–H groups in total. The first-order chi connectivity index (χ1) is 11.7. The first-order valence-corrected chi connectivity index (χ1v) is 10.4. The molecule has 0 amide bonds. The highest BCUT2D eigenvalue weighted by Crippen LogP contribution is 2.48. The van der Waals surface area contributed by atoms with Gasteiger partial charge < -0.3 is 0 Å². The lowest BCUT2D eigenvalue weighted by Gasteiger charge is -2.37. The second-order valence-electron chi connectivity index (χ2n) is 7.86. The molecule has 2 bridgehead atoms. The Hall–Kier alpha value is -1.46. The number of fused-ring (bicyclic) bond motifs is 4. The van der Waals surface area contributed by atoms with E-state index in [2.05, 4.69) is 6.92 Å². The fraction of sp³-hybridized carbons (Fsp3) is 0.550. The van der Waals surface area contributed by atoms with E-state index in [1.54, 1.807) is 16.4 Å². The van der Waals surface area contributed by atoms with E-state index in [0.717, 1.165) is 29.6 Å². The van der Waals surface area contributed by atoms with Gasteiger partial charge in [0, 0.05) is 19.5 Å². The summed E-state index contributed by atoms with van der Waals surface area (Å²) in [7, 11) is -3.59. The average molecular weight is 362 g/mol. The number of ketones is 1. The van der Waals surface area contributed by atoms with E-state index in [-0.39, 0.29) is 23.7 Å². The van der Waals surface area contributed by atoms with Crippen LogP contribution in [0.3, 0.4) is 0 Å². The molecule has 4 nitrogen and oxygen atoms in total. The maximum absolute atomic E-state index is 13.2. The Morgan fingerprint density at radius 1 is 1.20 bits per heavy atom. The summed E-state index contributed by atoms with van der Waals surface area (Å²) in [4.78, 5) is 13.1. The predicted octanol–water partition coefficient (Wildman–Crippen LogP) is 3.71. The Balaban J connectivity index is 2.06. The van der Waals surface area contributed by atoms with Crippen LogP contribution in [-0.4, -0.2) is 31.6 Å².